The first kappa shape index (κ1) is 16.8. The second-order valence-electron chi connectivity index (χ2n) is 1.14. The molecule has 0 heterocycles. The average molecular weight is 226 g/mol. The van der Waals surface area contributed by atoms with Gasteiger partial charge in [0.15, 0.2) is 0 Å². The quantitative estimate of drug-likeness (QED) is 0.378. The molecule has 0 atom stereocenters. The summed E-state index contributed by atoms with van der Waals surface area (Å²) >= 11 is 0.916. The zero-order valence-corrected chi connectivity index (χ0v) is 11.1. The third kappa shape index (κ3) is 17.7. The van der Waals surface area contributed by atoms with Gasteiger partial charge in [0.25, 0.3) is 0 Å². The summed E-state index contributed by atoms with van der Waals surface area (Å²) in [5.74, 6) is -0.0764. The predicted octanol–water partition coefficient (Wildman–Crippen LogP) is -4.78. The first-order chi connectivity index (χ1) is 3.06. The van der Waals surface area contributed by atoms with E-state index in [0.29, 0.717) is 5.25 Å². The standard InChI is InChI=1S/C2H7GeO3S.Na.H2O.H/c3-1-2-7(4,5)6;;;/h1-3H2,(H,4,5,6);;1H2;/q;+1;;-1. The van der Waals surface area contributed by atoms with Crippen LogP contribution < -0.4 is 29.6 Å². The van der Waals surface area contributed by atoms with E-state index in [9.17, 15) is 8.42 Å². The van der Waals surface area contributed by atoms with E-state index in [1.807, 2.05) is 0 Å². The van der Waals surface area contributed by atoms with E-state index in [0.717, 1.165) is 16.5 Å². The SMILES string of the molecule is O.O=S(=O)(O)C[CH2][GeH2].[H-].[Na+]. The van der Waals surface area contributed by atoms with Crippen LogP contribution in [0.2, 0.25) is 5.25 Å². The first-order valence-electron chi connectivity index (χ1n) is 1.80. The molecule has 0 aromatic carbocycles. The van der Waals surface area contributed by atoms with Crippen molar-refractivity contribution in [1.82, 2.24) is 0 Å². The zero-order chi connectivity index (χ0) is 5.91. The van der Waals surface area contributed by atoms with E-state index in [1.165, 1.54) is 0 Å². The van der Waals surface area contributed by atoms with Crippen molar-refractivity contribution in [2.75, 3.05) is 5.75 Å². The summed E-state index contributed by atoms with van der Waals surface area (Å²) in [4.78, 5) is 0. The number of hydrogen-bond donors (Lipinski definition) is 1. The average Bonchev–Trinajstić information content (AvgIpc) is 1.30. The van der Waals surface area contributed by atoms with Crippen LogP contribution in [0.1, 0.15) is 1.43 Å². The van der Waals surface area contributed by atoms with Gasteiger partial charge in [0.2, 0.25) is 0 Å². The van der Waals surface area contributed by atoms with Gasteiger partial charge in [-0.1, -0.05) is 0 Å². The van der Waals surface area contributed by atoms with Crippen molar-refractivity contribution >= 4 is 26.6 Å². The molecule has 0 aromatic rings. The molecule has 0 fully saturated rings. The third-order valence-corrected chi connectivity index (χ3v) is 3.02. The van der Waals surface area contributed by atoms with Gasteiger partial charge in [-0.3, -0.25) is 0 Å². The van der Waals surface area contributed by atoms with Crippen LogP contribution >= 0.6 is 0 Å². The van der Waals surface area contributed by atoms with Crippen LogP contribution in [-0.4, -0.2) is 40.7 Å². The molecule has 0 aliphatic heterocycles. The monoisotopic (exact) mass is 227 g/mol. The van der Waals surface area contributed by atoms with E-state index in [2.05, 4.69) is 0 Å². The normalized spacial score (nSPS) is 9.11. The van der Waals surface area contributed by atoms with Gasteiger partial charge >= 0.3 is 80.2 Å². The summed E-state index contributed by atoms with van der Waals surface area (Å²) in [6, 6.07) is 0. The Morgan fingerprint density at radius 3 is 1.89 bits per heavy atom. The number of rotatable bonds is 2. The minimum Gasteiger partial charge on any atom is -1.00 e. The summed E-state index contributed by atoms with van der Waals surface area (Å²) in [6.07, 6.45) is 0. The van der Waals surface area contributed by atoms with E-state index in [1.54, 1.807) is 0 Å². The Morgan fingerprint density at radius 1 is 1.56 bits per heavy atom. The molecule has 4 nitrogen and oxygen atoms in total. The van der Waals surface area contributed by atoms with Crippen LogP contribution in [0.4, 0.5) is 0 Å². The molecule has 0 aliphatic rings. The molecule has 1 radical (unpaired) electrons. The van der Waals surface area contributed by atoms with Crippen LogP contribution in [-0.2, 0) is 10.1 Å². The maximum absolute atomic E-state index is 9.81. The summed E-state index contributed by atoms with van der Waals surface area (Å²) in [5.41, 5.74) is 0. The molecule has 0 saturated heterocycles. The van der Waals surface area contributed by atoms with Gasteiger partial charge in [0.1, 0.15) is 0 Å². The Kier molecular flexibility index (Phi) is 14.0. The fraction of sp³-hybridized carbons (Fsp3) is 1.00. The summed E-state index contributed by atoms with van der Waals surface area (Å²) in [7, 11) is -3.64. The second-order valence-corrected chi connectivity index (χ2v) is 4.20. The molecule has 53 valence electrons. The van der Waals surface area contributed by atoms with E-state index >= 15 is 0 Å². The molecule has 0 saturated carbocycles. The van der Waals surface area contributed by atoms with Crippen LogP contribution in [0.3, 0.4) is 0 Å². The molecular formula is C2H10GeNaO4S. The molecule has 0 unspecified atom stereocenters. The smallest absolute Gasteiger partial charge is 1.00 e. The fourth-order valence-corrected chi connectivity index (χ4v) is 2.84. The third-order valence-electron chi connectivity index (χ3n) is 0.402. The molecule has 0 rings (SSSR count). The molecule has 0 bridgehead atoms. The molecule has 0 aromatic heterocycles. The minimum absolute atomic E-state index is 0. The van der Waals surface area contributed by atoms with Gasteiger partial charge in [-0.2, -0.15) is 0 Å². The predicted molar refractivity (Wildman–Crippen MR) is 34.5 cm³/mol. The van der Waals surface area contributed by atoms with Gasteiger partial charge < -0.3 is 6.90 Å². The Hall–Kier alpha value is 1.41. The molecule has 7 heteroatoms. The van der Waals surface area contributed by atoms with Crippen LogP contribution in [0.5, 0.6) is 0 Å². The van der Waals surface area contributed by atoms with Crippen molar-refractivity contribution in [2.45, 2.75) is 5.25 Å². The van der Waals surface area contributed by atoms with Crippen molar-refractivity contribution in [1.29, 1.82) is 0 Å². The Bertz CT molecular complexity index is 136. The maximum atomic E-state index is 9.81. The minimum atomic E-state index is -3.64. The van der Waals surface area contributed by atoms with Gasteiger partial charge in [0.05, 0.1) is 0 Å². The van der Waals surface area contributed by atoms with Gasteiger partial charge in [0, 0.05) is 0 Å². The van der Waals surface area contributed by atoms with Gasteiger partial charge in [-0.15, -0.1) is 0 Å². The number of hydrogen-bond acceptors (Lipinski definition) is 2. The second kappa shape index (κ2) is 7.52. The van der Waals surface area contributed by atoms with E-state index in [-0.39, 0.29) is 42.2 Å². The molecule has 9 heavy (non-hydrogen) atoms. The molecule has 3 N–H and O–H groups in total. The van der Waals surface area contributed by atoms with Crippen molar-refractivity contribution in [3.8, 4) is 0 Å². The fourth-order valence-electron chi connectivity index (χ4n) is 0.182. The van der Waals surface area contributed by atoms with Crippen LogP contribution in [0.25, 0.3) is 0 Å². The largest absolute Gasteiger partial charge is 1.00 e. The molecule has 0 spiro atoms. The van der Waals surface area contributed by atoms with Gasteiger partial charge in [-0.25, -0.2) is 0 Å². The van der Waals surface area contributed by atoms with Crippen molar-refractivity contribution in [2.24, 2.45) is 0 Å². The summed E-state index contributed by atoms with van der Waals surface area (Å²) in [5, 5.41) is 0.596. The van der Waals surface area contributed by atoms with Crippen molar-refractivity contribution in [3.63, 3.8) is 0 Å². The Morgan fingerprint density at radius 2 is 1.89 bits per heavy atom. The van der Waals surface area contributed by atoms with E-state index in [4.69, 9.17) is 4.55 Å². The summed E-state index contributed by atoms with van der Waals surface area (Å²) < 4.78 is 27.6. The molecule has 0 aliphatic carbocycles. The zero-order valence-electron chi connectivity index (χ0n) is 6.29. The first-order valence-corrected chi connectivity index (χ1v) is 5.51. The topological polar surface area (TPSA) is 85.9 Å². The van der Waals surface area contributed by atoms with Crippen molar-refractivity contribution in [3.05, 3.63) is 0 Å². The summed E-state index contributed by atoms with van der Waals surface area (Å²) in [6.45, 7) is 0. The van der Waals surface area contributed by atoms with E-state index < -0.39 is 10.1 Å². The Labute approximate surface area is 86.5 Å². The van der Waals surface area contributed by atoms with Crippen molar-refractivity contribution < 1.29 is 49.4 Å². The van der Waals surface area contributed by atoms with Crippen LogP contribution in [0, 0.1) is 0 Å². The molecular weight excluding hydrogens is 216 g/mol. The van der Waals surface area contributed by atoms with Gasteiger partial charge in [-0.05, 0) is 0 Å². The Balaban J connectivity index is -0.0000000600. The maximum Gasteiger partial charge on any atom is 1.00 e. The van der Waals surface area contributed by atoms with Crippen LogP contribution in [0.15, 0.2) is 0 Å². The molecule has 0 amide bonds.